The monoisotopic (exact) mass is 252 g/mol. The van der Waals surface area contributed by atoms with Gasteiger partial charge in [0.15, 0.2) is 5.65 Å². The Labute approximate surface area is 111 Å². The van der Waals surface area contributed by atoms with E-state index in [1.165, 1.54) is 5.56 Å². The molecule has 19 heavy (non-hydrogen) atoms. The second kappa shape index (κ2) is 4.82. The van der Waals surface area contributed by atoms with Gasteiger partial charge in [-0.3, -0.25) is 0 Å². The van der Waals surface area contributed by atoms with E-state index >= 15 is 0 Å². The third-order valence-corrected chi connectivity index (χ3v) is 3.33. The number of pyridine rings is 1. The van der Waals surface area contributed by atoms with Gasteiger partial charge in [-0.1, -0.05) is 24.3 Å². The minimum Gasteiger partial charge on any atom is -0.330 e. The molecule has 2 heterocycles. The van der Waals surface area contributed by atoms with Crippen LogP contribution in [0.15, 0.2) is 42.6 Å². The summed E-state index contributed by atoms with van der Waals surface area (Å²) >= 11 is 0. The van der Waals surface area contributed by atoms with Crippen LogP contribution in [0.25, 0.3) is 22.6 Å². The number of aromatic nitrogens is 3. The Morgan fingerprint density at radius 1 is 1.16 bits per heavy atom. The third kappa shape index (κ3) is 2.00. The maximum atomic E-state index is 5.68. The van der Waals surface area contributed by atoms with E-state index in [0.29, 0.717) is 6.54 Å². The summed E-state index contributed by atoms with van der Waals surface area (Å²) in [7, 11) is 2.02. The summed E-state index contributed by atoms with van der Waals surface area (Å²) in [5.74, 6) is 0.942. The summed E-state index contributed by atoms with van der Waals surface area (Å²) in [5.41, 5.74) is 9.86. The van der Waals surface area contributed by atoms with Gasteiger partial charge in [0.1, 0.15) is 5.82 Å². The van der Waals surface area contributed by atoms with Crippen LogP contribution in [-0.2, 0) is 13.5 Å². The van der Waals surface area contributed by atoms with E-state index < -0.39 is 0 Å². The lowest BCUT2D eigenvalue weighted by Crippen LogP contribution is -2.05. The highest BCUT2D eigenvalue weighted by Crippen LogP contribution is 2.25. The van der Waals surface area contributed by atoms with Crippen LogP contribution in [0, 0.1) is 0 Å². The van der Waals surface area contributed by atoms with E-state index in [2.05, 4.69) is 26.7 Å². The Bertz CT molecular complexity index is 715. The van der Waals surface area contributed by atoms with E-state index in [0.717, 1.165) is 29.0 Å². The van der Waals surface area contributed by atoms with Gasteiger partial charge in [0, 0.05) is 18.8 Å². The van der Waals surface area contributed by atoms with Gasteiger partial charge in [0.2, 0.25) is 0 Å². The van der Waals surface area contributed by atoms with E-state index in [1.807, 2.05) is 31.3 Å². The number of fused-ring (bicyclic) bond motifs is 1. The highest BCUT2D eigenvalue weighted by molar-refractivity contribution is 5.77. The van der Waals surface area contributed by atoms with Gasteiger partial charge < -0.3 is 10.3 Å². The van der Waals surface area contributed by atoms with Crippen LogP contribution < -0.4 is 5.73 Å². The van der Waals surface area contributed by atoms with Gasteiger partial charge in [-0.05, 0) is 30.7 Å². The largest absolute Gasteiger partial charge is 0.330 e. The molecule has 0 bridgehead atoms. The van der Waals surface area contributed by atoms with Crippen molar-refractivity contribution in [3.8, 4) is 11.4 Å². The number of hydrogen-bond acceptors (Lipinski definition) is 3. The fourth-order valence-corrected chi connectivity index (χ4v) is 2.38. The molecule has 0 saturated heterocycles. The molecule has 0 amide bonds. The maximum absolute atomic E-state index is 5.68. The number of hydrogen-bond donors (Lipinski definition) is 1. The Morgan fingerprint density at radius 3 is 2.79 bits per heavy atom. The molecule has 4 heteroatoms. The molecular weight excluding hydrogens is 236 g/mol. The summed E-state index contributed by atoms with van der Waals surface area (Å²) in [5, 5.41) is 0. The summed E-state index contributed by atoms with van der Waals surface area (Å²) in [6.45, 7) is 0.638. The van der Waals surface area contributed by atoms with Crippen molar-refractivity contribution in [3.63, 3.8) is 0 Å². The molecule has 0 spiro atoms. The first kappa shape index (κ1) is 11.9. The second-order valence-corrected chi connectivity index (χ2v) is 4.54. The van der Waals surface area contributed by atoms with Gasteiger partial charge in [-0.25, -0.2) is 9.97 Å². The zero-order valence-electron chi connectivity index (χ0n) is 10.9. The molecule has 3 rings (SSSR count). The molecule has 0 unspecified atom stereocenters. The molecular formula is C15H16N4. The molecule has 3 aromatic rings. The van der Waals surface area contributed by atoms with E-state index in [4.69, 9.17) is 5.73 Å². The van der Waals surface area contributed by atoms with Crippen molar-refractivity contribution in [2.24, 2.45) is 12.8 Å². The summed E-state index contributed by atoms with van der Waals surface area (Å²) in [6, 6.07) is 12.2. The van der Waals surface area contributed by atoms with Crippen molar-refractivity contribution in [1.29, 1.82) is 0 Å². The first-order chi connectivity index (χ1) is 9.31. The molecule has 2 N–H and O–H groups in total. The molecule has 0 radical (unpaired) electrons. The van der Waals surface area contributed by atoms with Crippen LogP contribution in [0.2, 0.25) is 0 Å². The van der Waals surface area contributed by atoms with Crippen LogP contribution in [0.5, 0.6) is 0 Å². The molecule has 1 aromatic carbocycles. The molecule has 0 aliphatic carbocycles. The first-order valence-corrected chi connectivity index (χ1v) is 6.37. The quantitative estimate of drug-likeness (QED) is 0.777. The summed E-state index contributed by atoms with van der Waals surface area (Å²) < 4.78 is 2.08. The van der Waals surface area contributed by atoms with Crippen LogP contribution >= 0.6 is 0 Å². The Hall–Kier alpha value is -2.20. The van der Waals surface area contributed by atoms with Gasteiger partial charge in [0.05, 0.1) is 5.52 Å². The number of benzene rings is 1. The van der Waals surface area contributed by atoms with E-state index in [1.54, 1.807) is 6.20 Å². The lowest BCUT2D eigenvalue weighted by molar-refractivity contribution is 0.937. The number of rotatable bonds is 3. The van der Waals surface area contributed by atoms with E-state index in [-0.39, 0.29) is 0 Å². The van der Waals surface area contributed by atoms with Crippen LogP contribution in [0.3, 0.4) is 0 Å². The van der Waals surface area contributed by atoms with Crippen LogP contribution in [0.4, 0.5) is 0 Å². The second-order valence-electron chi connectivity index (χ2n) is 4.54. The molecule has 0 aliphatic rings. The number of nitrogens with zero attached hydrogens (tertiary/aromatic N) is 3. The fourth-order valence-electron chi connectivity index (χ4n) is 2.38. The fraction of sp³-hybridized carbons (Fsp3) is 0.200. The van der Waals surface area contributed by atoms with Crippen molar-refractivity contribution in [1.82, 2.24) is 14.5 Å². The predicted molar refractivity (Wildman–Crippen MR) is 76.7 cm³/mol. The normalized spacial score (nSPS) is 11.1. The number of nitrogens with two attached hydrogens (primary N) is 1. The Morgan fingerprint density at radius 2 is 2.00 bits per heavy atom. The third-order valence-electron chi connectivity index (χ3n) is 3.33. The molecule has 2 aromatic heterocycles. The molecule has 0 atom stereocenters. The minimum absolute atomic E-state index is 0.638. The zero-order chi connectivity index (χ0) is 13.2. The van der Waals surface area contributed by atoms with Gasteiger partial charge in [-0.15, -0.1) is 0 Å². The topological polar surface area (TPSA) is 56.7 Å². The van der Waals surface area contributed by atoms with Gasteiger partial charge >= 0.3 is 0 Å². The average Bonchev–Trinajstić information content (AvgIpc) is 2.78. The maximum Gasteiger partial charge on any atom is 0.178 e. The Balaban J connectivity index is 2.22. The lowest BCUT2D eigenvalue weighted by Gasteiger charge is -2.08. The van der Waals surface area contributed by atoms with Crippen LogP contribution in [0.1, 0.15) is 5.56 Å². The smallest absolute Gasteiger partial charge is 0.178 e. The van der Waals surface area contributed by atoms with Crippen molar-refractivity contribution >= 4 is 11.2 Å². The lowest BCUT2D eigenvalue weighted by atomic mass is 10.0. The summed E-state index contributed by atoms with van der Waals surface area (Å²) in [6.07, 6.45) is 2.62. The predicted octanol–water partition coefficient (Wildman–Crippen LogP) is 2.14. The molecule has 0 fully saturated rings. The molecule has 96 valence electrons. The molecule has 0 aliphatic heterocycles. The molecule has 4 nitrogen and oxygen atoms in total. The summed E-state index contributed by atoms with van der Waals surface area (Å²) in [4.78, 5) is 8.94. The van der Waals surface area contributed by atoms with Crippen molar-refractivity contribution in [3.05, 3.63) is 48.2 Å². The standard InChI is InChI=1S/C15H16N4/c1-19-13-7-4-10-17-14(13)18-15(19)12-6-3-2-5-11(12)8-9-16/h2-7,10H,8-9,16H2,1H3. The first-order valence-electron chi connectivity index (χ1n) is 6.37. The van der Waals surface area contributed by atoms with Crippen LogP contribution in [-0.4, -0.2) is 21.1 Å². The molecule has 0 saturated carbocycles. The highest BCUT2D eigenvalue weighted by atomic mass is 15.1. The SMILES string of the molecule is Cn1c(-c2ccccc2CCN)nc2ncccc21. The number of imidazole rings is 1. The van der Waals surface area contributed by atoms with Crippen molar-refractivity contribution in [2.75, 3.05) is 6.54 Å². The minimum atomic E-state index is 0.638. The number of aryl methyl sites for hydroxylation is 1. The van der Waals surface area contributed by atoms with E-state index in [9.17, 15) is 0 Å². The van der Waals surface area contributed by atoms with Crippen molar-refractivity contribution < 1.29 is 0 Å². The Kier molecular flexibility index (Phi) is 3.01. The van der Waals surface area contributed by atoms with Gasteiger partial charge in [-0.2, -0.15) is 0 Å². The van der Waals surface area contributed by atoms with Gasteiger partial charge in [0.25, 0.3) is 0 Å². The highest BCUT2D eigenvalue weighted by Gasteiger charge is 2.12. The average molecular weight is 252 g/mol. The van der Waals surface area contributed by atoms with Crippen molar-refractivity contribution in [2.45, 2.75) is 6.42 Å². The zero-order valence-corrected chi connectivity index (χ0v) is 10.9.